The molecule has 0 radical (unpaired) electrons. The molecule has 2 amide bonds. The van der Waals surface area contributed by atoms with Gasteiger partial charge in [0.15, 0.2) is 18.2 Å². The lowest BCUT2D eigenvalue weighted by Crippen LogP contribution is -2.35. The van der Waals surface area contributed by atoms with Crippen molar-refractivity contribution < 1.29 is 32.3 Å². The first-order valence-corrected chi connectivity index (χ1v) is 7.52. The molecule has 1 aromatic carbocycles. The number of hydrogen-bond acceptors (Lipinski definition) is 5. The van der Waals surface area contributed by atoms with E-state index in [0.717, 1.165) is 12.1 Å². The van der Waals surface area contributed by atoms with Gasteiger partial charge in [0.1, 0.15) is 17.1 Å². The lowest BCUT2D eigenvalue weighted by Gasteiger charge is -2.08. The SMILES string of the molecule is Cc1cc(C(=O)OCC(=O)NCC(=O)Nc2ccc(F)c(F)c2)c(C)o1. The molecule has 2 rings (SSSR count). The van der Waals surface area contributed by atoms with E-state index in [1.807, 2.05) is 0 Å². The van der Waals surface area contributed by atoms with Crippen LogP contribution in [0, 0.1) is 25.5 Å². The number of esters is 1. The van der Waals surface area contributed by atoms with Gasteiger partial charge in [0, 0.05) is 11.8 Å². The number of halogens is 2. The lowest BCUT2D eigenvalue weighted by molar-refractivity contribution is -0.126. The number of carbonyl (C=O) groups excluding carboxylic acids is 3. The Labute approximate surface area is 147 Å². The van der Waals surface area contributed by atoms with E-state index < -0.39 is 42.6 Å². The summed E-state index contributed by atoms with van der Waals surface area (Å²) in [5.74, 6) is -3.31. The Balaban J connectivity index is 1.75. The fourth-order valence-corrected chi connectivity index (χ4v) is 2.05. The van der Waals surface area contributed by atoms with E-state index in [2.05, 4.69) is 10.6 Å². The van der Waals surface area contributed by atoms with E-state index in [0.29, 0.717) is 11.5 Å². The average molecular weight is 366 g/mol. The number of nitrogens with one attached hydrogen (secondary N) is 2. The first-order valence-electron chi connectivity index (χ1n) is 7.52. The molecule has 1 heterocycles. The van der Waals surface area contributed by atoms with Crippen molar-refractivity contribution in [2.24, 2.45) is 0 Å². The minimum atomic E-state index is -1.11. The predicted molar refractivity (Wildman–Crippen MR) is 86.5 cm³/mol. The highest BCUT2D eigenvalue weighted by molar-refractivity contribution is 5.95. The van der Waals surface area contributed by atoms with Gasteiger partial charge in [-0.05, 0) is 32.0 Å². The maximum atomic E-state index is 13.0. The molecule has 2 N–H and O–H groups in total. The van der Waals surface area contributed by atoms with Crippen LogP contribution in [0.4, 0.5) is 14.5 Å². The molecule has 0 saturated carbocycles. The molecule has 0 aliphatic heterocycles. The Hall–Kier alpha value is -3.23. The molecule has 0 spiro atoms. The molecular formula is C17H16F2N2O5. The van der Waals surface area contributed by atoms with Crippen molar-refractivity contribution in [3.8, 4) is 0 Å². The van der Waals surface area contributed by atoms with E-state index in [-0.39, 0.29) is 11.3 Å². The Kier molecular flexibility index (Phi) is 6.05. The molecule has 0 aliphatic carbocycles. The van der Waals surface area contributed by atoms with Crippen LogP contribution in [0.25, 0.3) is 0 Å². The summed E-state index contributed by atoms with van der Waals surface area (Å²) in [7, 11) is 0. The zero-order chi connectivity index (χ0) is 19.3. The number of ether oxygens (including phenoxy) is 1. The molecule has 0 saturated heterocycles. The van der Waals surface area contributed by atoms with E-state index in [9.17, 15) is 23.2 Å². The fraction of sp³-hybridized carbons (Fsp3) is 0.235. The zero-order valence-corrected chi connectivity index (χ0v) is 14.0. The van der Waals surface area contributed by atoms with Crippen LogP contribution < -0.4 is 10.6 Å². The third kappa shape index (κ3) is 5.13. The summed E-state index contributed by atoms with van der Waals surface area (Å²) < 4.78 is 35.9. The van der Waals surface area contributed by atoms with E-state index in [1.54, 1.807) is 13.8 Å². The molecule has 0 fully saturated rings. The largest absolute Gasteiger partial charge is 0.466 e. The number of rotatable bonds is 6. The van der Waals surface area contributed by atoms with Gasteiger partial charge in [-0.3, -0.25) is 9.59 Å². The molecule has 9 heteroatoms. The van der Waals surface area contributed by atoms with E-state index in [1.165, 1.54) is 12.1 Å². The van der Waals surface area contributed by atoms with Crippen molar-refractivity contribution in [3.63, 3.8) is 0 Å². The summed E-state index contributed by atoms with van der Waals surface area (Å²) >= 11 is 0. The van der Waals surface area contributed by atoms with Crippen molar-refractivity contribution in [2.75, 3.05) is 18.5 Å². The number of carbonyl (C=O) groups is 3. The normalized spacial score (nSPS) is 10.3. The summed E-state index contributed by atoms with van der Waals surface area (Å²) in [6.45, 7) is 2.24. The van der Waals surface area contributed by atoms with Crippen LogP contribution in [-0.2, 0) is 14.3 Å². The average Bonchev–Trinajstić information content (AvgIpc) is 2.92. The summed E-state index contributed by atoms with van der Waals surface area (Å²) in [6.07, 6.45) is 0. The van der Waals surface area contributed by atoms with Gasteiger partial charge in [0.05, 0.1) is 6.54 Å². The van der Waals surface area contributed by atoms with Crippen LogP contribution in [0.1, 0.15) is 21.9 Å². The van der Waals surface area contributed by atoms with Gasteiger partial charge in [0.2, 0.25) is 5.91 Å². The topological polar surface area (TPSA) is 97.6 Å². The minimum absolute atomic E-state index is 0.0420. The van der Waals surface area contributed by atoms with Crippen molar-refractivity contribution in [1.82, 2.24) is 5.32 Å². The van der Waals surface area contributed by atoms with Gasteiger partial charge in [-0.15, -0.1) is 0 Å². The van der Waals surface area contributed by atoms with Crippen molar-refractivity contribution in [2.45, 2.75) is 13.8 Å². The molecule has 0 atom stereocenters. The second-order valence-corrected chi connectivity index (χ2v) is 5.36. The standard InChI is InChI=1S/C17H16F2N2O5/c1-9-5-12(10(2)26-9)17(24)25-8-16(23)20-7-15(22)21-11-3-4-13(18)14(19)6-11/h3-6H,7-8H2,1-2H3,(H,20,23)(H,21,22). The smallest absolute Gasteiger partial charge is 0.342 e. The van der Waals surface area contributed by atoms with Crippen LogP contribution in [0.3, 0.4) is 0 Å². The number of anilines is 1. The number of furan rings is 1. The monoisotopic (exact) mass is 366 g/mol. The van der Waals surface area contributed by atoms with Gasteiger partial charge in [-0.1, -0.05) is 0 Å². The Morgan fingerprint density at radius 1 is 1.08 bits per heavy atom. The first-order chi connectivity index (χ1) is 12.3. The fourth-order valence-electron chi connectivity index (χ4n) is 2.05. The number of hydrogen-bond donors (Lipinski definition) is 2. The van der Waals surface area contributed by atoms with Crippen molar-refractivity contribution in [3.05, 3.63) is 53.0 Å². The highest BCUT2D eigenvalue weighted by atomic mass is 19.2. The maximum absolute atomic E-state index is 13.0. The second-order valence-electron chi connectivity index (χ2n) is 5.36. The molecule has 1 aromatic heterocycles. The van der Waals surface area contributed by atoms with Gasteiger partial charge in [0.25, 0.3) is 5.91 Å². The molecule has 0 aliphatic rings. The number of benzene rings is 1. The third-order valence-corrected chi connectivity index (χ3v) is 3.24. The molecule has 2 aromatic rings. The summed E-state index contributed by atoms with van der Waals surface area (Å²) in [5.41, 5.74) is 0.256. The molecular weight excluding hydrogens is 350 g/mol. The summed E-state index contributed by atoms with van der Waals surface area (Å²) in [5, 5.41) is 4.52. The van der Waals surface area contributed by atoms with Gasteiger partial charge < -0.3 is 19.8 Å². The summed E-state index contributed by atoms with van der Waals surface area (Å²) in [4.78, 5) is 35.1. The Morgan fingerprint density at radius 2 is 1.81 bits per heavy atom. The Morgan fingerprint density at radius 3 is 2.42 bits per heavy atom. The molecule has 0 unspecified atom stereocenters. The quantitative estimate of drug-likeness (QED) is 0.763. The molecule has 7 nitrogen and oxygen atoms in total. The summed E-state index contributed by atoms with van der Waals surface area (Å²) in [6, 6.07) is 4.34. The van der Waals surface area contributed by atoms with E-state index in [4.69, 9.17) is 9.15 Å². The van der Waals surface area contributed by atoms with Crippen molar-refractivity contribution in [1.29, 1.82) is 0 Å². The third-order valence-electron chi connectivity index (χ3n) is 3.24. The molecule has 138 valence electrons. The lowest BCUT2D eigenvalue weighted by atomic mass is 10.2. The van der Waals surface area contributed by atoms with Gasteiger partial charge >= 0.3 is 5.97 Å². The van der Waals surface area contributed by atoms with Crippen LogP contribution in [0.15, 0.2) is 28.7 Å². The maximum Gasteiger partial charge on any atom is 0.342 e. The number of aryl methyl sites for hydroxylation is 2. The Bertz CT molecular complexity index is 848. The predicted octanol–water partition coefficient (Wildman–Crippen LogP) is 2.09. The highest BCUT2D eigenvalue weighted by Gasteiger charge is 2.16. The first kappa shape index (κ1) is 19.1. The van der Waals surface area contributed by atoms with Crippen LogP contribution in [0.2, 0.25) is 0 Å². The van der Waals surface area contributed by atoms with E-state index >= 15 is 0 Å². The second kappa shape index (κ2) is 8.24. The van der Waals surface area contributed by atoms with Crippen LogP contribution in [-0.4, -0.2) is 30.9 Å². The number of amides is 2. The molecule has 26 heavy (non-hydrogen) atoms. The molecule has 0 bridgehead atoms. The zero-order valence-electron chi connectivity index (χ0n) is 14.0. The van der Waals surface area contributed by atoms with Crippen molar-refractivity contribution >= 4 is 23.5 Å². The van der Waals surface area contributed by atoms with Gasteiger partial charge in [-0.25, -0.2) is 13.6 Å². The highest BCUT2D eigenvalue weighted by Crippen LogP contribution is 2.14. The van der Waals surface area contributed by atoms with Crippen LogP contribution in [0.5, 0.6) is 0 Å². The van der Waals surface area contributed by atoms with Gasteiger partial charge in [-0.2, -0.15) is 0 Å². The van der Waals surface area contributed by atoms with Crippen LogP contribution >= 0.6 is 0 Å². The minimum Gasteiger partial charge on any atom is -0.466 e.